The van der Waals surface area contributed by atoms with Crippen LogP contribution in [0.15, 0.2) is 12.1 Å². The van der Waals surface area contributed by atoms with Crippen molar-refractivity contribution in [2.24, 2.45) is 5.41 Å². The second-order valence-electron chi connectivity index (χ2n) is 4.96. The molecule has 1 aromatic rings. The van der Waals surface area contributed by atoms with Gasteiger partial charge in [0.1, 0.15) is 0 Å². The van der Waals surface area contributed by atoms with E-state index >= 15 is 0 Å². The lowest BCUT2D eigenvalue weighted by Gasteiger charge is -2.19. The van der Waals surface area contributed by atoms with Crippen molar-refractivity contribution in [2.45, 2.75) is 27.7 Å². The highest BCUT2D eigenvalue weighted by Gasteiger charge is 2.22. The van der Waals surface area contributed by atoms with E-state index in [1.807, 2.05) is 20.8 Å². The van der Waals surface area contributed by atoms with Gasteiger partial charge in [-0.05, 0) is 19.1 Å². The van der Waals surface area contributed by atoms with Gasteiger partial charge in [-0.15, -0.1) is 0 Å². The zero-order valence-electron chi connectivity index (χ0n) is 10.8. The van der Waals surface area contributed by atoms with E-state index in [-0.39, 0.29) is 11.7 Å². The third-order valence-electron chi connectivity index (χ3n) is 2.49. The molecule has 0 unspecified atom stereocenters. The summed E-state index contributed by atoms with van der Waals surface area (Å²) >= 11 is 0. The fourth-order valence-corrected chi connectivity index (χ4v) is 1.35. The maximum atomic E-state index is 13.4. The van der Waals surface area contributed by atoms with E-state index in [0.717, 1.165) is 0 Å². The predicted molar refractivity (Wildman–Crippen MR) is 65.8 cm³/mol. The number of carbonyl (C=O) groups is 1. The van der Waals surface area contributed by atoms with E-state index in [2.05, 4.69) is 5.32 Å². The number of hydrogen-bond acceptors (Lipinski definition) is 2. The molecular weight excluding hydrogens is 221 g/mol. The molecule has 0 bridgehead atoms. The lowest BCUT2D eigenvalue weighted by molar-refractivity contribution is -0.123. The van der Waals surface area contributed by atoms with Crippen molar-refractivity contribution in [3.63, 3.8) is 0 Å². The number of rotatable bonds is 2. The molecule has 0 saturated carbocycles. The van der Waals surface area contributed by atoms with E-state index in [0.29, 0.717) is 11.3 Å². The number of anilines is 1. The number of methoxy groups -OCH3 is 1. The van der Waals surface area contributed by atoms with Crippen molar-refractivity contribution in [1.82, 2.24) is 0 Å². The fourth-order valence-electron chi connectivity index (χ4n) is 1.35. The Kier molecular flexibility index (Phi) is 3.76. The van der Waals surface area contributed by atoms with Crippen LogP contribution < -0.4 is 10.1 Å². The van der Waals surface area contributed by atoms with Crippen molar-refractivity contribution in [1.29, 1.82) is 0 Å². The average molecular weight is 239 g/mol. The normalized spacial score (nSPS) is 11.2. The zero-order valence-corrected chi connectivity index (χ0v) is 10.8. The first-order valence-corrected chi connectivity index (χ1v) is 5.42. The van der Waals surface area contributed by atoms with Crippen LogP contribution >= 0.6 is 0 Å². The molecule has 94 valence electrons. The van der Waals surface area contributed by atoms with Crippen molar-refractivity contribution >= 4 is 11.6 Å². The van der Waals surface area contributed by atoms with E-state index in [4.69, 9.17) is 4.74 Å². The molecule has 0 aliphatic rings. The highest BCUT2D eigenvalue weighted by molar-refractivity contribution is 5.95. The van der Waals surface area contributed by atoms with Crippen molar-refractivity contribution in [3.05, 3.63) is 23.5 Å². The summed E-state index contributed by atoms with van der Waals surface area (Å²) in [6.07, 6.45) is 0. The third-order valence-corrected chi connectivity index (χ3v) is 2.49. The van der Waals surface area contributed by atoms with Crippen LogP contribution in [0.1, 0.15) is 26.3 Å². The summed E-state index contributed by atoms with van der Waals surface area (Å²) in [5.41, 5.74) is 0.668. The number of amides is 1. The zero-order chi connectivity index (χ0) is 13.2. The Balaban J connectivity index is 3.05. The smallest absolute Gasteiger partial charge is 0.229 e. The van der Waals surface area contributed by atoms with Crippen LogP contribution in [0, 0.1) is 18.2 Å². The van der Waals surface area contributed by atoms with E-state index < -0.39 is 11.2 Å². The summed E-state index contributed by atoms with van der Waals surface area (Å²) in [6.45, 7) is 7.16. The molecule has 4 heteroatoms. The highest BCUT2D eigenvalue weighted by Crippen LogP contribution is 2.29. The maximum absolute atomic E-state index is 13.4. The molecule has 0 aromatic heterocycles. The third kappa shape index (κ3) is 2.96. The summed E-state index contributed by atoms with van der Waals surface area (Å²) in [7, 11) is 1.40. The summed E-state index contributed by atoms with van der Waals surface area (Å²) in [4.78, 5) is 11.8. The van der Waals surface area contributed by atoms with Crippen LogP contribution in [-0.2, 0) is 4.79 Å². The maximum Gasteiger partial charge on any atom is 0.229 e. The fraction of sp³-hybridized carbons (Fsp3) is 0.462. The van der Waals surface area contributed by atoms with Gasteiger partial charge in [0.2, 0.25) is 5.91 Å². The van der Waals surface area contributed by atoms with Gasteiger partial charge in [0, 0.05) is 16.7 Å². The number of carbonyl (C=O) groups excluding carboxylic acids is 1. The monoisotopic (exact) mass is 239 g/mol. The SMILES string of the molecule is COc1c(F)ccc(NC(=O)C(C)(C)C)c1C. The number of nitrogens with one attached hydrogen (secondary N) is 1. The minimum Gasteiger partial charge on any atom is -0.493 e. The van der Waals surface area contributed by atoms with Crippen LogP contribution in [0.25, 0.3) is 0 Å². The Morgan fingerprint density at radius 2 is 1.94 bits per heavy atom. The Hall–Kier alpha value is -1.58. The molecule has 0 atom stereocenters. The van der Waals surface area contributed by atoms with E-state index in [1.54, 1.807) is 6.92 Å². The van der Waals surface area contributed by atoms with E-state index in [9.17, 15) is 9.18 Å². The topological polar surface area (TPSA) is 38.3 Å². The molecule has 0 heterocycles. The molecular formula is C13H18FNO2. The molecule has 1 N–H and O–H groups in total. The molecule has 1 rings (SSSR count). The molecule has 0 aliphatic heterocycles. The van der Waals surface area contributed by atoms with Gasteiger partial charge in [0.15, 0.2) is 11.6 Å². The summed E-state index contributed by atoms with van der Waals surface area (Å²) in [5.74, 6) is -0.385. The van der Waals surface area contributed by atoms with Gasteiger partial charge >= 0.3 is 0 Å². The second kappa shape index (κ2) is 4.73. The first-order chi connectivity index (χ1) is 7.77. The van der Waals surface area contributed by atoms with Gasteiger partial charge in [-0.1, -0.05) is 20.8 Å². The summed E-state index contributed by atoms with van der Waals surface area (Å²) in [6, 6.07) is 2.82. The first-order valence-electron chi connectivity index (χ1n) is 5.42. The number of hydrogen-bond donors (Lipinski definition) is 1. The Labute approximate surface area is 101 Å². The minimum atomic E-state index is -0.492. The van der Waals surface area contributed by atoms with Crippen LogP contribution in [0.3, 0.4) is 0 Å². The summed E-state index contributed by atoms with van der Waals surface area (Å²) < 4.78 is 18.3. The first kappa shape index (κ1) is 13.5. The molecule has 17 heavy (non-hydrogen) atoms. The molecule has 3 nitrogen and oxygen atoms in total. The number of halogens is 1. The lowest BCUT2D eigenvalue weighted by Crippen LogP contribution is -2.28. The van der Waals surface area contributed by atoms with E-state index in [1.165, 1.54) is 19.2 Å². The standard InChI is InChI=1S/C13H18FNO2/c1-8-10(15-12(16)13(2,3)4)7-6-9(14)11(8)17-5/h6-7H,1-5H3,(H,15,16). The minimum absolute atomic E-state index is 0.116. The highest BCUT2D eigenvalue weighted by atomic mass is 19.1. The lowest BCUT2D eigenvalue weighted by atomic mass is 9.95. The van der Waals surface area contributed by atoms with Crippen LogP contribution in [0.5, 0.6) is 5.75 Å². The number of ether oxygens (including phenoxy) is 1. The van der Waals surface area contributed by atoms with Gasteiger partial charge in [0.05, 0.1) is 7.11 Å². The second-order valence-corrected chi connectivity index (χ2v) is 4.96. The Morgan fingerprint density at radius 1 is 1.35 bits per heavy atom. The van der Waals surface area contributed by atoms with Crippen molar-refractivity contribution in [3.8, 4) is 5.75 Å². The van der Waals surface area contributed by atoms with Crippen LogP contribution in [0.4, 0.5) is 10.1 Å². The quantitative estimate of drug-likeness (QED) is 0.861. The Bertz CT molecular complexity index is 436. The van der Waals surface area contributed by atoms with Crippen LogP contribution in [0.2, 0.25) is 0 Å². The largest absolute Gasteiger partial charge is 0.493 e. The molecule has 0 saturated heterocycles. The van der Waals surface area contributed by atoms with Gasteiger partial charge < -0.3 is 10.1 Å². The van der Waals surface area contributed by atoms with Gasteiger partial charge in [-0.2, -0.15) is 0 Å². The molecule has 1 amide bonds. The Morgan fingerprint density at radius 3 is 2.41 bits per heavy atom. The summed E-state index contributed by atoms with van der Waals surface area (Å²) in [5, 5.41) is 2.77. The van der Waals surface area contributed by atoms with Crippen molar-refractivity contribution < 1.29 is 13.9 Å². The van der Waals surface area contributed by atoms with Gasteiger partial charge in [0.25, 0.3) is 0 Å². The van der Waals surface area contributed by atoms with Gasteiger partial charge in [-0.3, -0.25) is 4.79 Å². The molecule has 1 aromatic carbocycles. The van der Waals surface area contributed by atoms with Crippen LogP contribution in [-0.4, -0.2) is 13.0 Å². The average Bonchev–Trinajstić information content (AvgIpc) is 2.21. The van der Waals surface area contributed by atoms with Gasteiger partial charge in [-0.25, -0.2) is 4.39 Å². The molecule has 0 spiro atoms. The number of benzene rings is 1. The van der Waals surface area contributed by atoms with Crippen molar-refractivity contribution in [2.75, 3.05) is 12.4 Å². The predicted octanol–water partition coefficient (Wildman–Crippen LogP) is 3.13. The molecule has 0 aliphatic carbocycles. The molecule has 0 fully saturated rings. The molecule has 0 radical (unpaired) electrons.